The Kier molecular flexibility index (Phi) is 5.28. The third kappa shape index (κ3) is 4.26. The van der Waals surface area contributed by atoms with Gasteiger partial charge in [0.15, 0.2) is 0 Å². The highest BCUT2D eigenvalue weighted by atomic mass is 16.1. The van der Waals surface area contributed by atoms with Crippen molar-refractivity contribution in [2.24, 2.45) is 11.7 Å². The Morgan fingerprint density at radius 2 is 2.10 bits per heavy atom. The molecule has 112 valence electrons. The number of benzene rings is 1. The van der Waals surface area contributed by atoms with Gasteiger partial charge in [0.25, 0.3) is 0 Å². The van der Waals surface area contributed by atoms with Crippen LogP contribution in [0, 0.1) is 12.8 Å². The van der Waals surface area contributed by atoms with Crippen molar-refractivity contribution in [3.05, 3.63) is 36.0 Å². The van der Waals surface area contributed by atoms with Gasteiger partial charge in [0.05, 0.1) is 11.2 Å². The predicted molar refractivity (Wildman–Crippen MR) is 87.2 cm³/mol. The van der Waals surface area contributed by atoms with Crippen LogP contribution in [0.4, 0.5) is 5.69 Å². The van der Waals surface area contributed by atoms with E-state index in [1.54, 1.807) is 0 Å². The zero-order valence-electron chi connectivity index (χ0n) is 12.7. The molecule has 2 aromatic rings. The number of carbonyl (C=O) groups excluding carboxylic acids is 1. The van der Waals surface area contributed by atoms with E-state index < -0.39 is 0 Å². The van der Waals surface area contributed by atoms with Gasteiger partial charge < -0.3 is 11.1 Å². The molecule has 1 heterocycles. The largest absolute Gasteiger partial charge is 0.330 e. The molecule has 1 aromatic heterocycles. The highest BCUT2D eigenvalue weighted by Crippen LogP contribution is 2.22. The minimum Gasteiger partial charge on any atom is -0.330 e. The molecule has 2 rings (SSSR count). The van der Waals surface area contributed by atoms with Gasteiger partial charge in [-0.05, 0) is 44.4 Å². The number of pyridine rings is 1. The highest BCUT2D eigenvalue weighted by molar-refractivity contribution is 6.00. The summed E-state index contributed by atoms with van der Waals surface area (Å²) >= 11 is 0. The third-order valence-electron chi connectivity index (χ3n) is 3.66. The number of nitrogens with one attached hydrogen (secondary N) is 1. The maximum Gasteiger partial charge on any atom is 0.224 e. The van der Waals surface area contributed by atoms with Gasteiger partial charge in [-0.3, -0.25) is 9.78 Å². The standard InChI is InChI=1S/C17H23N3O/c1-12(10-11-18)6-9-16(21)20-15-5-3-4-14-8-7-13(2)19-17(14)15/h3-5,7-8,12H,6,9-11,18H2,1-2H3,(H,20,21). The topological polar surface area (TPSA) is 68.0 Å². The number of fused-ring (bicyclic) bond motifs is 1. The first-order valence-corrected chi connectivity index (χ1v) is 7.46. The molecule has 1 atom stereocenters. The van der Waals surface area contributed by atoms with Gasteiger partial charge in [-0.2, -0.15) is 0 Å². The maximum atomic E-state index is 12.1. The van der Waals surface area contributed by atoms with E-state index in [1.807, 2.05) is 37.3 Å². The summed E-state index contributed by atoms with van der Waals surface area (Å²) in [4.78, 5) is 16.6. The summed E-state index contributed by atoms with van der Waals surface area (Å²) in [6.07, 6.45) is 2.34. The average molecular weight is 285 g/mol. The molecule has 3 N–H and O–H groups in total. The van der Waals surface area contributed by atoms with Gasteiger partial charge in [-0.15, -0.1) is 0 Å². The Balaban J connectivity index is 2.05. The summed E-state index contributed by atoms with van der Waals surface area (Å²) < 4.78 is 0. The molecule has 0 aliphatic rings. The van der Waals surface area contributed by atoms with Crippen molar-refractivity contribution in [1.29, 1.82) is 0 Å². The van der Waals surface area contributed by atoms with Crippen molar-refractivity contribution in [2.75, 3.05) is 11.9 Å². The predicted octanol–water partition coefficient (Wildman–Crippen LogP) is 3.25. The second-order valence-corrected chi connectivity index (χ2v) is 5.60. The van der Waals surface area contributed by atoms with Crippen LogP contribution in [0.25, 0.3) is 10.9 Å². The monoisotopic (exact) mass is 285 g/mol. The smallest absolute Gasteiger partial charge is 0.224 e. The molecule has 0 aliphatic heterocycles. The molecule has 0 spiro atoms. The van der Waals surface area contributed by atoms with Crippen molar-refractivity contribution in [3.8, 4) is 0 Å². The van der Waals surface area contributed by atoms with Crippen LogP contribution in [0.15, 0.2) is 30.3 Å². The molecule has 0 bridgehead atoms. The molecule has 1 unspecified atom stereocenters. The van der Waals surface area contributed by atoms with Gasteiger partial charge in [0.1, 0.15) is 0 Å². The van der Waals surface area contributed by atoms with Crippen molar-refractivity contribution < 1.29 is 4.79 Å². The van der Waals surface area contributed by atoms with Crippen molar-refractivity contribution >= 4 is 22.5 Å². The van der Waals surface area contributed by atoms with E-state index in [1.165, 1.54) is 0 Å². The number of aromatic nitrogens is 1. The number of hydrogen-bond donors (Lipinski definition) is 2. The van der Waals surface area contributed by atoms with Crippen LogP contribution in [-0.2, 0) is 4.79 Å². The molecular formula is C17H23N3O. The van der Waals surface area contributed by atoms with Gasteiger partial charge in [0.2, 0.25) is 5.91 Å². The zero-order chi connectivity index (χ0) is 15.2. The number of nitrogens with two attached hydrogens (primary N) is 1. The van der Waals surface area contributed by atoms with Gasteiger partial charge >= 0.3 is 0 Å². The molecular weight excluding hydrogens is 262 g/mol. The van der Waals surface area contributed by atoms with E-state index in [4.69, 9.17) is 5.73 Å². The molecule has 0 saturated carbocycles. The molecule has 1 amide bonds. The number of nitrogens with zero attached hydrogens (tertiary/aromatic N) is 1. The fourth-order valence-electron chi connectivity index (χ4n) is 2.36. The molecule has 4 heteroatoms. The second kappa shape index (κ2) is 7.18. The summed E-state index contributed by atoms with van der Waals surface area (Å²) in [7, 11) is 0. The van der Waals surface area contributed by atoms with Crippen LogP contribution in [0.2, 0.25) is 0 Å². The van der Waals surface area contributed by atoms with Crippen LogP contribution >= 0.6 is 0 Å². The van der Waals surface area contributed by atoms with E-state index in [-0.39, 0.29) is 5.91 Å². The van der Waals surface area contributed by atoms with E-state index in [9.17, 15) is 4.79 Å². The summed E-state index contributed by atoms with van der Waals surface area (Å²) in [5, 5.41) is 4.01. The van der Waals surface area contributed by atoms with E-state index in [0.717, 1.165) is 35.1 Å². The SMILES string of the molecule is Cc1ccc2cccc(NC(=O)CCC(C)CCN)c2n1. The van der Waals surface area contributed by atoms with Crippen LogP contribution in [0.5, 0.6) is 0 Å². The van der Waals surface area contributed by atoms with Crippen LogP contribution in [0.1, 0.15) is 31.9 Å². The molecule has 0 radical (unpaired) electrons. The lowest BCUT2D eigenvalue weighted by Gasteiger charge is -2.11. The first-order chi connectivity index (χ1) is 10.1. The Morgan fingerprint density at radius 1 is 1.29 bits per heavy atom. The zero-order valence-corrected chi connectivity index (χ0v) is 12.7. The number of anilines is 1. The lowest BCUT2D eigenvalue weighted by atomic mass is 10.0. The normalized spacial score (nSPS) is 12.3. The number of rotatable bonds is 6. The molecule has 0 saturated heterocycles. The van der Waals surface area contributed by atoms with E-state index in [0.29, 0.717) is 18.9 Å². The molecule has 21 heavy (non-hydrogen) atoms. The fraction of sp³-hybridized carbons (Fsp3) is 0.412. The molecule has 0 fully saturated rings. The number of hydrogen-bond acceptors (Lipinski definition) is 3. The summed E-state index contributed by atoms with van der Waals surface area (Å²) in [5.41, 5.74) is 8.10. The van der Waals surface area contributed by atoms with Crippen LogP contribution < -0.4 is 11.1 Å². The Hall–Kier alpha value is -1.94. The molecule has 1 aromatic carbocycles. The van der Waals surface area contributed by atoms with Crippen LogP contribution in [-0.4, -0.2) is 17.4 Å². The second-order valence-electron chi connectivity index (χ2n) is 5.60. The quantitative estimate of drug-likeness (QED) is 0.856. The number of carbonyl (C=O) groups is 1. The lowest BCUT2D eigenvalue weighted by molar-refractivity contribution is -0.116. The Bertz CT molecular complexity index is 624. The minimum atomic E-state index is 0.0367. The number of amides is 1. The van der Waals surface area contributed by atoms with Gasteiger partial charge in [0, 0.05) is 17.5 Å². The Labute approximate surface area is 125 Å². The van der Waals surface area contributed by atoms with Gasteiger partial charge in [-0.1, -0.05) is 25.1 Å². The average Bonchev–Trinajstić information content (AvgIpc) is 2.46. The van der Waals surface area contributed by atoms with E-state index >= 15 is 0 Å². The number of para-hydroxylation sites is 1. The minimum absolute atomic E-state index is 0.0367. The lowest BCUT2D eigenvalue weighted by Crippen LogP contribution is -2.14. The van der Waals surface area contributed by atoms with Crippen molar-refractivity contribution in [2.45, 2.75) is 33.1 Å². The van der Waals surface area contributed by atoms with Crippen molar-refractivity contribution in [3.63, 3.8) is 0 Å². The summed E-state index contributed by atoms with van der Waals surface area (Å²) in [6.45, 7) is 4.75. The maximum absolute atomic E-state index is 12.1. The Morgan fingerprint density at radius 3 is 2.86 bits per heavy atom. The third-order valence-corrected chi connectivity index (χ3v) is 3.66. The van der Waals surface area contributed by atoms with E-state index in [2.05, 4.69) is 17.2 Å². The summed E-state index contributed by atoms with van der Waals surface area (Å²) in [5.74, 6) is 0.517. The highest BCUT2D eigenvalue weighted by Gasteiger charge is 2.09. The number of aryl methyl sites for hydroxylation is 1. The van der Waals surface area contributed by atoms with Crippen molar-refractivity contribution in [1.82, 2.24) is 4.98 Å². The first-order valence-electron chi connectivity index (χ1n) is 7.46. The first kappa shape index (κ1) is 15.4. The summed E-state index contributed by atoms with van der Waals surface area (Å²) in [6, 6.07) is 9.84. The molecule has 0 aliphatic carbocycles. The molecule has 4 nitrogen and oxygen atoms in total. The van der Waals surface area contributed by atoms with Crippen LogP contribution in [0.3, 0.4) is 0 Å². The fourth-order valence-corrected chi connectivity index (χ4v) is 2.36. The van der Waals surface area contributed by atoms with Gasteiger partial charge in [-0.25, -0.2) is 0 Å².